The van der Waals surface area contributed by atoms with E-state index in [0.717, 1.165) is 17.8 Å². The van der Waals surface area contributed by atoms with E-state index < -0.39 is 23.3 Å². The first-order valence-electron chi connectivity index (χ1n) is 10.7. The highest BCUT2D eigenvalue weighted by molar-refractivity contribution is 6.02. The van der Waals surface area contributed by atoms with Gasteiger partial charge in [-0.15, -0.1) is 0 Å². The summed E-state index contributed by atoms with van der Waals surface area (Å²) in [6.45, 7) is 6.77. The Morgan fingerprint density at radius 1 is 0.969 bits per heavy atom. The molecule has 1 atom stereocenters. The molecule has 2 aliphatic heterocycles. The lowest BCUT2D eigenvalue weighted by Gasteiger charge is -2.62. The SMILES string of the molecule is CC(C)N1CC(=O)N(C(C)c2ccc(C(F)(F)F)cc2)C2(CN(c3ccccc3)C2)C1=N. The molecule has 2 aromatic carbocycles. The fourth-order valence-electron chi connectivity index (χ4n) is 4.76. The number of carbonyl (C=O) groups excluding carboxylic acids is 1. The van der Waals surface area contributed by atoms with Crippen molar-refractivity contribution in [1.29, 1.82) is 5.41 Å². The topological polar surface area (TPSA) is 50.6 Å². The molecular formula is C24H27F3N4O. The van der Waals surface area contributed by atoms with Gasteiger partial charge in [-0.25, -0.2) is 0 Å². The van der Waals surface area contributed by atoms with Gasteiger partial charge in [-0.2, -0.15) is 13.2 Å². The second kappa shape index (κ2) is 7.83. The number of benzene rings is 2. The van der Waals surface area contributed by atoms with Crippen LogP contribution in [0, 0.1) is 5.41 Å². The zero-order valence-electron chi connectivity index (χ0n) is 18.4. The normalized spacial score (nSPS) is 19.5. The molecule has 2 heterocycles. The van der Waals surface area contributed by atoms with Crippen LogP contribution in [0.15, 0.2) is 54.6 Å². The molecule has 1 amide bonds. The largest absolute Gasteiger partial charge is 0.416 e. The summed E-state index contributed by atoms with van der Waals surface area (Å²) in [5.74, 6) is 0.271. The predicted octanol–water partition coefficient (Wildman–Crippen LogP) is 4.56. The molecule has 2 saturated heterocycles. The Kier molecular flexibility index (Phi) is 5.43. The molecule has 170 valence electrons. The van der Waals surface area contributed by atoms with Crippen LogP contribution in [0.3, 0.4) is 0 Å². The Morgan fingerprint density at radius 3 is 2.09 bits per heavy atom. The Bertz CT molecular complexity index is 998. The van der Waals surface area contributed by atoms with E-state index >= 15 is 0 Å². The van der Waals surface area contributed by atoms with Gasteiger partial charge in [-0.05, 0) is 50.6 Å². The first-order chi connectivity index (χ1) is 15.0. The van der Waals surface area contributed by atoms with E-state index in [2.05, 4.69) is 4.90 Å². The van der Waals surface area contributed by atoms with E-state index in [1.165, 1.54) is 12.1 Å². The van der Waals surface area contributed by atoms with Crippen molar-refractivity contribution in [3.63, 3.8) is 0 Å². The number of hydrogen-bond acceptors (Lipinski definition) is 3. The van der Waals surface area contributed by atoms with Crippen molar-refractivity contribution in [2.45, 2.75) is 44.6 Å². The summed E-state index contributed by atoms with van der Waals surface area (Å²) in [6, 6.07) is 14.3. The van der Waals surface area contributed by atoms with Crippen molar-refractivity contribution in [2.75, 3.05) is 24.5 Å². The third kappa shape index (κ3) is 3.61. The Balaban J connectivity index is 1.67. The molecule has 0 saturated carbocycles. The smallest absolute Gasteiger partial charge is 0.366 e. The number of nitrogens with zero attached hydrogens (tertiary/aromatic N) is 3. The maximum atomic E-state index is 13.3. The van der Waals surface area contributed by atoms with Crippen molar-refractivity contribution in [3.8, 4) is 0 Å². The number of anilines is 1. The average molecular weight is 445 g/mol. The quantitative estimate of drug-likeness (QED) is 0.753. The lowest BCUT2D eigenvalue weighted by molar-refractivity contribution is -0.144. The van der Waals surface area contributed by atoms with Crippen LogP contribution in [0.25, 0.3) is 0 Å². The number of rotatable bonds is 4. The molecule has 8 heteroatoms. The molecule has 0 radical (unpaired) electrons. The van der Waals surface area contributed by atoms with E-state index in [1.54, 1.807) is 4.90 Å². The minimum absolute atomic E-state index is 0.00220. The van der Waals surface area contributed by atoms with E-state index in [0.29, 0.717) is 24.5 Å². The van der Waals surface area contributed by atoms with Crippen LogP contribution >= 0.6 is 0 Å². The third-order valence-corrected chi connectivity index (χ3v) is 6.52. The molecule has 1 unspecified atom stereocenters. The fraction of sp³-hybridized carbons (Fsp3) is 0.417. The van der Waals surface area contributed by atoms with Crippen LogP contribution in [0.1, 0.15) is 37.9 Å². The van der Waals surface area contributed by atoms with Crippen LogP contribution in [0.5, 0.6) is 0 Å². The number of halogens is 3. The molecule has 2 aromatic rings. The number of piperazine rings is 1. The minimum atomic E-state index is -4.41. The van der Waals surface area contributed by atoms with Crippen LogP contribution in [0.2, 0.25) is 0 Å². The predicted molar refractivity (Wildman–Crippen MR) is 118 cm³/mol. The van der Waals surface area contributed by atoms with Gasteiger partial charge < -0.3 is 14.7 Å². The van der Waals surface area contributed by atoms with Gasteiger partial charge in [0, 0.05) is 11.7 Å². The molecule has 0 aromatic heterocycles. The molecule has 1 spiro atoms. The Hall–Kier alpha value is -3.03. The summed E-state index contributed by atoms with van der Waals surface area (Å²) >= 11 is 0. The van der Waals surface area contributed by atoms with Crippen molar-refractivity contribution in [1.82, 2.24) is 9.80 Å². The van der Waals surface area contributed by atoms with Gasteiger partial charge >= 0.3 is 6.18 Å². The minimum Gasteiger partial charge on any atom is -0.366 e. The average Bonchev–Trinajstić information content (AvgIpc) is 2.72. The Labute approximate surface area is 185 Å². The molecule has 32 heavy (non-hydrogen) atoms. The number of nitrogens with one attached hydrogen (secondary N) is 1. The van der Waals surface area contributed by atoms with E-state index in [9.17, 15) is 18.0 Å². The van der Waals surface area contributed by atoms with Gasteiger partial charge in [0.1, 0.15) is 11.4 Å². The molecular weight excluding hydrogens is 417 g/mol. The van der Waals surface area contributed by atoms with Gasteiger partial charge in [0.15, 0.2) is 0 Å². The molecule has 2 fully saturated rings. The first kappa shape index (κ1) is 22.2. The first-order valence-corrected chi connectivity index (χ1v) is 10.7. The van der Waals surface area contributed by atoms with Crippen molar-refractivity contribution >= 4 is 17.4 Å². The third-order valence-electron chi connectivity index (χ3n) is 6.52. The number of para-hydroxylation sites is 1. The molecule has 1 N–H and O–H groups in total. The summed E-state index contributed by atoms with van der Waals surface area (Å²) in [7, 11) is 0. The van der Waals surface area contributed by atoms with Crippen LogP contribution in [-0.2, 0) is 11.0 Å². The second-order valence-corrected chi connectivity index (χ2v) is 8.85. The standard InChI is InChI=1S/C24H27F3N4O/c1-16(2)30-13-21(32)31(17(3)18-9-11-19(12-10-18)24(25,26)27)23(22(30)28)14-29(15-23)20-7-5-4-6-8-20/h4-12,16-17,28H,13-15H2,1-3H3. The number of carbonyl (C=O) groups is 1. The number of hydrogen-bond donors (Lipinski definition) is 1. The maximum absolute atomic E-state index is 13.3. The van der Waals surface area contributed by atoms with E-state index in [1.807, 2.05) is 56.0 Å². The molecule has 0 bridgehead atoms. The summed E-state index contributed by atoms with van der Waals surface area (Å²) < 4.78 is 39.0. The van der Waals surface area contributed by atoms with Crippen molar-refractivity contribution < 1.29 is 18.0 Å². The van der Waals surface area contributed by atoms with Gasteiger partial charge in [0.2, 0.25) is 5.91 Å². The molecule has 2 aliphatic rings. The monoisotopic (exact) mass is 444 g/mol. The molecule has 0 aliphatic carbocycles. The van der Waals surface area contributed by atoms with Crippen LogP contribution in [-0.4, -0.2) is 52.8 Å². The van der Waals surface area contributed by atoms with Gasteiger partial charge in [-0.1, -0.05) is 30.3 Å². The van der Waals surface area contributed by atoms with Crippen molar-refractivity contribution in [2.24, 2.45) is 0 Å². The summed E-state index contributed by atoms with van der Waals surface area (Å²) in [4.78, 5) is 19.0. The summed E-state index contributed by atoms with van der Waals surface area (Å²) in [6.07, 6.45) is -4.41. The van der Waals surface area contributed by atoms with Gasteiger partial charge in [-0.3, -0.25) is 10.2 Å². The number of alkyl halides is 3. The van der Waals surface area contributed by atoms with Crippen LogP contribution < -0.4 is 4.90 Å². The second-order valence-electron chi connectivity index (χ2n) is 8.85. The number of amides is 1. The lowest BCUT2D eigenvalue weighted by Crippen LogP contribution is -2.81. The van der Waals surface area contributed by atoms with E-state index in [4.69, 9.17) is 5.41 Å². The van der Waals surface area contributed by atoms with Gasteiger partial charge in [0.25, 0.3) is 0 Å². The summed E-state index contributed by atoms with van der Waals surface area (Å²) in [5, 5.41) is 8.98. The zero-order chi connectivity index (χ0) is 23.3. The zero-order valence-corrected chi connectivity index (χ0v) is 18.4. The maximum Gasteiger partial charge on any atom is 0.416 e. The van der Waals surface area contributed by atoms with E-state index in [-0.39, 0.29) is 18.5 Å². The Morgan fingerprint density at radius 2 is 1.56 bits per heavy atom. The van der Waals surface area contributed by atoms with Crippen molar-refractivity contribution in [3.05, 3.63) is 65.7 Å². The molecule has 4 rings (SSSR count). The number of amidine groups is 1. The summed E-state index contributed by atoms with van der Waals surface area (Å²) in [5.41, 5.74) is 0.0972. The fourth-order valence-corrected chi connectivity index (χ4v) is 4.76. The van der Waals surface area contributed by atoms with Gasteiger partial charge in [0.05, 0.1) is 31.2 Å². The highest BCUT2D eigenvalue weighted by Crippen LogP contribution is 2.42. The lowest BCUT2D eigenvalue weighted by atomic mass is 9.80. The molecule has 5 nitrogen and oxygen atoms in total. The highest BCUT2D eigenvalue weighted by atomic mass is 19.4. The highest BCUT2D eigenvalue weighted by Gasteiger charge is 2.59. The van der Waals surface area contributed by atoms with Crippen LogP contribution in [0.4, 0.5) is 18.9 Å².